The molecule has 2 aliphatic rings. The van der Waals surface area contributed by atoms with E-state index in [0.29, 0.717) is 0 Å². The molecule has 7 heavy (non-hydrogen) atoms. The van der Waals surface area contributed by atoms with Crippen LogP contribution in [-0.2, 0) is 0 Å². The summed E-state index contributed by atoms with van der Waals surface area (Å²) in [5.74, 6) is 0. The normalized spacial score (nSPS) is 45.6. The molecule has 0 aromatic heterocycles. The Hall–Kier alpha value is -0.260. The third-order valence-corrected chi connectivity index (χ3v) is 2.32. The van der Waals surface area contributed by atoms with Crippen LogP contribution in [0.25, 0.3) is 0 Å². The second-order valence-electron chi connectivity index (χ2n) is 3.01. The van der Waals surface area contributed by atoms with Crippen LogP contribution in [0.15, 0.2) is 11.6 Å². The monoisotopic (exact) mass is 94.1 g/mol. The predicted molar refractivity (Wildman–Crippen MR) is 30.0 cm³/mol. The molecule has 0 heterocycles. The minimum absolute atomic E-state index is 0.722. The fraction of sp³-hybridized carbons (Fsp3) is 0.714. The maximum atomic E-state index is 2.40. The number of hydrogen-bond acceptors (Lipinski definition) is 0. The molecule has 0 spiro atoms. The van der Waals surface area contributed by atoms with Crippen molar-refractivity contribution in [3.05, 3.63) is 11.6 Å². The van der Waals surface area contributed by atoms with E-state index in [9.17, 15) is 0 Å². The first kappa shape index (κ1) is 3.71. The van der Waals surface area contributed by atoms with Gasteiger partial charge in [0.1, 0.15) is 0 Å². The van der Waals surface area contributed by atoms with Crippen LogP contribution in [0, 0.1) is 5.41 Å². The fourth-order valence-corrected chi connectivity index (χ4v) is 1.51. The Morgan fingerprint density at radius 3 is 2.71 bits per heavy atom. The minimum Gasteiger partial charge on any atom is -0.0847 e. The Labute approximate surface area is 44.2 Å². The zero-order chi connectivity index (χ0) is 4.91. The minimum atomic E-state index is 0.722. The van der Waals surface area contributed by atoms with Crippen molar-refractivity contribution in [2.45, 2.75) is 26.2 Å². The third kappa shape index (κ3) is 0.324. The number of rotatable bonds is 0. The molecule has 0 amide bonds. The van der Waals surface area contributed by atoms with Crippen molar-refractivity contribution >= 4 is 0 Å². The van der Waals surface area contributed by atoms with Crippen molar-refractivity contribution in [2.24, 2.45) is 5.41 Å². The van der Waals surface area contributed by atoms with Crippen LogP contribution in [0.2, 0.25) is 0 Å². The van der Waals surface area contributed by atoms with E-state index in [1.807, 2.05) is 0 Å². The van der Waals surface area contributed by atoms with E-state index in [4.69, 9.17) is 0 Å². The van der Waals surface area contributed by atoms with Crippen molar-refractivity contribution in [1.82, 2.24) is 0 Å². The first-order chi connectivity index (χ1) is 3.31. The maximum absolute atomic E-state index is 2.40. The lowest BCUT2D eigenvalue weighted by Gasteiger charge is -1.96. The number of hydrogen-bond donors (Lipinski definition) is 0. The maximum Gasteiger partial charge on any atom is -0.00758 e. The molecule has 0 aliphatic heterocycles. The second kappa shape index (κ2) is 0.795. The van der Waals surface area contributed by atoms with Gasteiger partial charge in [0.05, 0.1) is 0 Å². The zero-order valence-electron chi connectivity index (χ0n) is 4.70. The van der Waals surface area contributed by atoms with Gasteiger partial charge in [-0.15, -0.1) is 0 Å². The fourth-order valence-electron chi connectivity index (χ4n) is 1.51. The van der Waals surface area contributed by atoms with Gasteiger partial charge >= 0.3 is 0 Å². The van der Waals surface area contributed by atoms with Gasteiger partial charge in [-0.25, -0.2) is 0 Å². The van der Waals surface area contributed by atoms with E-state index < -0.39 is 0 Å². The highest BCUT2D eigenvalue weighted by molar-refractivity contribution is 5.35. The molecule has 0 N–H and O–H groups in total. The van der Waals surface area contributed by atoms with Crippen molar-refractivity contribution in [3.8, 4) is 0 Å². The molecule has 1 unspecified atom stereocenters. The van der Waals surface area contributed by atoms with E-state index in [1.165, 1.54) is 19.3 Å². The Kier molecular flexibility index (Phi) is 0.421. The molecule has 0 radical (unpaired) electrons. The molecule has 0 nitrogen and oxygen atoms in total. The van der Waals surface area contributed by atoms with Crippen molar-refractivity contribution in [2.75, 3.05) is 0 Å². The van der Waals surface area contributed by atoms with Gasteiger partial charge in [-0.2, -0.15) is 0 Å². The lowest BCUT2D eigenvalue weighted by atomic mass is 10.1. The van der Waals surface area contributed by atoms with Crippen LogP contribution in [0.5, 0.6) is 0 Å². The lowest BCUT2D eigenvalue weighted by molar-refractivity contribution is 0.572. The molecule has 2 aliphatic carbocycles. The smallest absolute Gasteiger partial charge is 0.00758 e. The summed E-state index contributed by atoms with van der Waals surface area (Å²) in [6.45, 7) is 2.37. The van der Waals surface area contributed by atoms with Crippen LogP contribution in [0.4, 0.5) is 0 Å². The highest BCUT2D eigenvalue weighted by atomic mass is 14.5. The predicted octanol–water partition coefficient (Wildman–Crippen LogP) is 2.12. The first-order valence-electron chi connectivity index (χ1n) is 3.01. The summed E-state index contributed by atoms with van der Waals surface area (Å²) in [6.07, 6.45) is 6.60. The van der Waals surface area contributed by atoms with Gasteiger partial charge in [0, 0.05) is 0 Å². The Balaban J connectivity index is 2.37. The molecule has 0 bridgehead atoms. The van der Waals surface area contributed by atoms with Gasteiger partial charge < -0.3 is 0 Å². The molecule has 38 valence electrons. The van der Waals surface area contributed by atoms with E-state index >= 15 is 0 Å². The topological polar surface area (TPSA) is 0 Å². The Morgan fingerprint density at radius 1 is 1.71 bits per heavy atom. The third-order valence-electron chi connectivity index (χ3n) is 2.32. The second-order valence-corrected chi connectivity index (χ2v) is 3.01. The van der Waals surface area contributed by atoms with Gasteiger partial charge in [0.15, 0.2) is 0 Å². The Morgan fingerprint density at radius 2 is 2.57 bits per heavy atom. The average molecular weight is 94.2 g/mol. The number of fused-ring (bicyclic) bond motifs is 1. The summed E-state index contributed by atoms with van der Waals surface area (Å²) < 4.78 is 0. The van der Waals surface area contributed by atoms with Crippen LogP contribution >= 0.6 is 0 Å². The first-order valence-corrected chi connectivity index (χ1v) is 3.01. The molecule has 2 rings (SSSR count). The molecule has 1 saturated carbocycles. The molecule has 0 saturated heterocycles. The molecule has 1 atom stereocenters. The number of allylic oxidation sites excluding steroid dienone is 2. The van der Waals surface area contributed by atoms with E-state index in [-0.39, 0.29) is 0 Å². The van der Waals surface area contributed by atoms with Gasteiger partial charge in [-0.05, 0) is 24.7 Å². The van der Waals surface area contributed by atoms with Gasteiger partial charge in [0.2, 0.25) is 0 Å². The molecule has 0 heteroatoms. The molecular formula is C7H10. The summed E-state index contributed by atoms with van der Waals surface area (Å²) in [4.78, 5) is 0. The van der Waals surface area contributed by atoms with Gasteiger partial charge in [-0.3, -0.25) is 0 Å². The van der Waals surface area contributed by atoms with Gasteiger partial charge in [-0.1, -0.05) is 18.6 Å². The molecular weight excluding hydrogens is 84.1 g/mol. The highest BCUT2D eigenvalue weighted by Gasteiger charge is 2.45. The standard InChI is InChI=1S/C7H10/c1-7-4-2-3-6(7)5-7/h3H,2,4-5H2,1H3. The van der Waals surface area contributed by atoms with Crippen molar-refractivity contribution < 1.29 is 0 Å². The summed E-state index contributed by atoms with van der Waals surface area (Å²) in [6, 6.07) is 0. The van der Waals surface area contributed by atoms with Crippen LogP contribution < -0.4 is 0 Å². The van der Waals surface area contributed by atoms with Crippen molar-refractivity contribution in [3.63, 3.8) is 0 Å². The van der Waals surface area contributed by atoms with Gasteiger partial charge in [0.25, 0.3) is 0 Å². The average Bonchev–Trinajstić information content (AvgIpc) is 2.09. The van der Waals surface area contributed by atoms with E-state index in [1.54, 1.807) is 5.57 Å². The summed E-state index contributed by atoms with van der Waals surface area (Å²) in [5, 5.41) is 0. The van der Waals surface area contributed by atoms with E-state index in [0.717, 1.165) is 5.41 Å². The quantitative estimate of drug-likeness (QED) is 0.403. The van der Waals surface area contributed by atoms with Crippen LogP contribution in [-0.4, -0.2) is 0 Å². The zero-order valence-corrected chi connectivity index (χ0v) is 4.70. The summed E-state index contributed by atoms with van der Waals surface area (Å²) in [5.41, 5.74) is 2.45. The molecule has 1 fully saturated rings. The SMILES string of the molecule is CC12CCC=C1C2. The van der Waals surface area contributed by atoms with Crippen LogP contribution in [0.3, 0.4) is 0 Å². The van der Waals surface area contributed by atoms with E-state index in [2.05, 4.69) is 13.0 Å². The highest BCUT2D eigenvalue weighted by Crippen LogP contribution is 2.59. The summed E-state index contributed by atoms with van der Waals surface area (Å²) in [7, 11) is 0. The molecule has 0 aromatic rings. The van der Waals surface area contributed by atoms with Crippen LogP contribution in [0.1, 0.15) is 26.2 Å². The Bertz CT molecular complexity index is 133. The largest absolute Gasteiger partial charge is 0.0847 e. The molecule has 0 aromatic carbocycles. The summed E-state index contributed by atoms with van der Waals surface area (Å²) >= 11 is 0. The lowest BCUT2D eigenvalue weighted by Crippen LogP contribution is -1.85. The van der Waals surface area contributed by atoms with Crippen molar-refractivity contribution in [1.29, 1.82) is 0 Å².